The number of hydrogen-bond donors (Lipinski definition) is 1. The molecule has 208 valence electrons. The van der Waals surface area contributed by atoms with Crippen molar-refractivity contribution in [1.29, 1.82) is 0 Å². The molecule has 0 rings (SSSR count). The molecular formula is C24H45IO10. The Morgan fingerprint density at radius 3 is 1.34 bits per heavy atom. The number of alkyl halides is 1. The van der Waals surface area contributed by atoms with E-state index in [2.05, 4.69) is 22.6 Å². The van der Waals surface area contributed by atoms with Crippen LogP contribution >= 0.6 is 22.6 Å². The first-order chi connectivity index (χ1) is 17.2. The van der Waals surface area contributed by atoms with Crippen molar-refractivity contribution in [2.45, 2.75) is 51.4 Å². The Bertz CT molecular complexity index is 468. The minimum atomic E-state index is -0.855. The van der Waals surface area contributed by atoms with Crippen molar-refractivity contribution < 1.29 is 47.9 Å². The topological polar surface area (TPSA) is 119 Å². The third-order valence-electron chi connectivity index (χ3n) is 4.54. The van der Waals surface area contributed by atoms with Crippen molar-refractivity contribution in [2.24, 2.45) is 0 Å². The molecule has 0 bridgehead atoms. The molecule has 10 nitrogen and oxygen atoms in total. The van der Waals surface area contributed by atoms with E-state index in [0.717, 1.165) is 13.0 Å². The summed E-state index contributed by atoms with van der Waals surface area (Å²) < 4.78 is 38.8. The molecule has 0 aromatic heterocycles. The van der Waals surface area contributed by atoms with Crippen LogP contribution in [-0.2, 0) is 42.7 Å². The first-order valence-corrected chi connectivity index (χ1v) is 14.1. The van der Waals surface area contributed by atoms with Gasteiger partial charge < -0.3 is 38.3 Å². The number of carbonyl (C=O) groups is 2. The highest BCUT2D eigenvalue weighted by atomic mass is 127. The standard InChI is InChI=1S/C24H45IO10/c25-9-5-1-2-6-10-29-11-12-30-13-14-31-15-16-32-17-18-33-19-20-34-21-22-35-24(28)8-4-3-7-23(26)27/h1-22H2,(H,26,27). The summed E-state index contributed by atoms with van der Waals surface area (Å²) in [4.78, 5) is 21.8. The van der Waals surface area contributed by atoms with Crippen LogP contribution in [-0.4, -0.2) is 107 Å². The molecule has 0 spiro atoms. The van der Waals surface area contributed by atoms with Gasteiger partial charge in [0.25, 0.3) is 0 Å². The van der Waals surface area contributed by atoms with E-state index in [9.17, 15) is 9.59 Å². The van der Waals surface area contributed by atoms with E-state index in [1.54, 1.807) is 0 Å². The Hall–Kier alpha value is -0.570. The van der Waals surface area contributed by atoms with Crippen LogP contribution in [0.2, 0.25) is 0 Å². The highest BCUT2D eigenvalue weighted by Gasteiger charge is 2.04. The lowest BCUT2D eigenvalue weighted by Gasteiger charge is -2.08. The van der Waals surface area contributed by atoms with E-state index in [4.69, 9.17) is 38.3 Å². The summed E-state index contributed by atoms with van der Waals surface area (Å²) in [7, 11) is 0. The maximum absolute atomic E-state index is 11.4. The zero-order valence-electron chi connectivity index (χ0n) is 21.1. The van der Waals surface area contributed by atoms with Crippen LogP contribution in [0.25, 0.3) is 0 Å². The maximum Gasteiger partial charge on any atom is 0.305 e. The molecule has 0 heterocycles. The van der Waals surface area contributed by atoms with Crippen molar-refractivity contribution in [3.05, 3.63) is 0 Å². The molecule has 35 heavy (non-hydrogen) atoms. The van der Waals surface area contributed by atoms with Gasteiger partial charge in [-0.2, -0.15) is 0 Å². The fraction of sp³-hybridized carbons (Fsp3) is 0.917. The Labute approximate surface area is 223 Å². The highest BCUT2D eigenvalue weighted by molar-refractivity contribution is 14.1. The van der Waals surface area contributed by atoms with Gasteiger partial charge in [-0.15, -0.1) is 0 Å². The molecule has 0 unspecified atom stereocenters. The molecule has 0 aromatic carbocycles. The van der Waals surface area contributed by atoms with E-state index in [-0.39, 0.29) is 25.4 Å². The second kappa shape index (κ2) is 29.7. The van der Waals surface area contributed by atoms with Crippen LogP contribution in [0, 0.1) is 0 Å². The first-order valence-electron chi connectivity index (χ1n) is 12.6. The van der Waals surface area contributed by atoms with Gasteiger partial charge in [0, 0.05) is 19.4 Å². The predicted octanol–water partition coefficient (Wildman–Crippen LogP) is 3.27. The van der Waals surface area contributed by atoms with Gasteiger partial charge in [-0.3, -0.25) is 9.59 Å². The zero-order chi connectivity index (χ0) is 25.7. The van der Waals surface area contributed by atoms with Gasteiger partial charge in [-0.1, -0.05) is 35.4 Å². The number of carboxylic acids is 1. The number of carbonyl (C=O) groups excluding carboxylic acids is 1. The number of unbranched alkanes of at least 4 members (excludes halogenated alkanes) is 4. The summed E-state index contributed by atoms with van der Waals surface area (Å²) in [5.74, 6) is -1.19. The zero-order valence-corrected chi connectivity index (χ0v) is 23.2. The van der Waals surface area contributed by atoms with Crippen LogP contribution in [0.1, 0.15) is 51.4 Å². The van der Waals surface area contributed by atoms with E-state index in [0.29, 0.717) is 85.5 Å². The number of aliphatic carboxylic acids is 1. The van der Waals surface area contributed by atoms with E-state index in [1.807, 2.05) is 0 Å². The number of esters is 1. The highest BCUT2D eigenvalue weighted by Crippen LogP contribution is 2.02. The molecule has 0 fully saturated rings. The molecule has 0 aliphatic carbocycles. The maximum atomic E-state index is 11.4. The molecule has 11 heteroatoms. The monoisotopic (exact) mass is 620 g/mol. The molecule has 1 N–H and O–H groups in total. The lowest BCUT2D eigenvalue weighted by atomic mass is 10.2. The Balaban J connectivity index is 3.10. The molecular weight excluding hydrogens is 575 g/mol. The van der Waals surface area contributed by atoms with Gasteiger partial charge in [0.1, 0.15) is 6.61 Å². The molecule has 0 saturated carbocycles. The van der Waals surface area contributed by atoms with Gasteiger partial charge in [0.05, 0.1) is 72.7 Å². The quantitative estimate of drug-likeness (QED) is 0.0578. The summed E-state index contributed by atoms with van der Waals surface area (Å²) >= 11 is 2.41. The van der Waals surface area contributed by atoms with Crippen LogP contribution in [0.15, 0.2) is 0 Å². The summed E-state index contributed by atoms with van der Waals surface area (Å²) in [6.45, 7) is 6.40. The first kappa shape index (κ1) is 34.4. The fourth-order valence-corrected chi connectivity index (χ4v) is 3.23. The second-order valence-electron chi connectivity index (χ2n) is 7.60. The third-order valence-corrected chi connectivity index (χ3v) is 5.31. The third kappa shape index (κ3) is 31.4. The summed E-state index contributed by atoms with van der Waals surface area (Å²) in [6, 6.07) is 0. The van der Waals surface area contributed by atoms with Crippen LogP contribution in [0.3, 0.4) is 0 Å². The normalized spacial score (nSPS) is 11.1. The van der Waals surface area contributed by atoms with Crippen LogP contribution in [0.4, 0.5) is 0 Å². The van der Waals surface area contributed by atoms with Crippen LogP contribution in [0.5, 0.6) is 0 Å². The van der Waals surface area contributed by atoms with Gasteiger partial charge in [0.2, 0.25) is 0 Å². The smallest absolute Gasteiger partial charge is 0.305 e. The van der Waals surface area contributed by atoms with Gasteiger partial charge in [-0.05, 0) is 30.1 Å². The number of halogens is 1. The molecule has 0 atom stereocenters. The van der Waals surface area contributed by atoms with Crippen molar-refractivity contribution in [1.82, 2.24) is 0 Å². The largest absolute Gasteiger partial charge is 0.481 e. The van der Waals surface area contributed by atoms with Gasteiger partial charge in [0.15, 0.2) is 0 Å². The molecule has 0 aliphatic rings. The average Bonchev–Trinajstić information content (AvgIpc) is 2.84. The lowest BCUT2D eigenvalue weighted by molar-refractivity contribution is -0.146. The molecule has 0 radical (unpaired) electrons. The lowest BCUT2D eigenvalue weighted by Crippen LogP contribution is -2.15. The minimum Gasteiger partial charge on any atom is -0.481 e. The minimum absolute atomic E-state index is 0.0699. The summed E-state index contributed by atoms with van der Waals surface area (Å²) in [5, 5.41) is 8.52. The van der Waals surface area contributed by atoms with E-state index in [1.165, 1.54) is 23.7 Å². The molecule has 0 amide bonds. The molecule has 0 aliphatic heterocycles. The Morgan fingerprint density at radius 2 is 0.886 bits per heavy atom. The van der Waals surface area contributed by atoms with Crippen molar-refractivity contribution in [2.75, 3.05) is 90.3 Å². The SMILES string of the molecule is O=C(O)CCCCC(=O)OCCOCCOCCOCCOCCOCCOCCCCCCI. The van der Waals surface area contributed by atoms with Crippen molar-refractivity contribution in [3.63, 3.8) is 0 Å². The fourth-order valence-electron chi connectivity index (χ4n) is 2.69. The van der Waals surface area contributed by atoms with Gasteiger partial charge >= 0.3 is 11.9 Å². The number of carboxylic acid groups (broad SMARTS) is 1. The summed E-state index contributed by atoms with van der Waals surface area (Å²) in [5.41, 5.74) is 0. The Kier molecular flexibility index (Phi) is 29.2. The molecule has 0 aromatic rings. The number of hydrogen-bond acceptors (Lipinski definition) is 9. The van der Waals surface area contributed by atoms with Crippen molar-refractivity contribution >= 4 is 34.5 Å². The van der Waals surface area contributed by atoms with E-state index < -0.39 is 5.97 Å². The van der Waals surface area contributed by atoms with Crippen LogP contribution < -0.4 is 0 Å². The predicted molar refractivity (Wildman–Crippen MR) is 139 cm³/mol. The Morgan fingerprint density at radius 1 is 0.486 bits per heavy atom. The second-order valence-corrected chi connectivity index (χ2v) is 8.68. The number of ether oxygens (including phenoxy) is 7. The summed E-state index contributed by atoms with van der Waals surface area (Å²) in [6.07, 6.45) is 6.22. The van der Waals surface area contributed by atoms with Crippen molar-refractivity contribution in [3.8, 4) is 0 Å². The molecule has 0 saturated heterocycles. The average molecular weight is 621 g/mol. The van der Waals surface area contributed by atoms with E-state index >= 15 is 0 Å². The number of rotatable bonds is 29. The van der Waals surface area contributed by atoms with Gasteiger partial charge in [-0.25, -0.2) is 0 Å².